The highest BCUT2D eigenvalue weighted by Crippen LogP contribution is 2.37. The fraction of sp³-hybridized carbons (Fsp3) is 0.500. The number of nitrogens with two attached hydrogens (primary N) is 1. The largest absolute Gasteiger partial charge is 0.394 e. The van der Waals surface area contributed by atoms with Crippen molar-refractivity contribution >= 4 is 17.1 Å². The van der Waals surface area contributed by atoms with Crippen molar-refractivity contribution in [2.75, 3.05) is 12.3 Å². The number of halogens is 1. The van der Waals surface area contributed by atoms with E-state index in [1.54, 1.807) is 0 Å². The van der Waals surface area contributed by atoms with Gasteiger partial charge in [-0.2, -0.15) is 9.37 Å². The monoisotopic (exact) mass is 285 g/mol. The van der Waals surface area contributed by atoms with Crippen LogP contribution in [0.4, 0.5) is 10.3 Å². The number of alkyl halides is 1. The van der Waals surface area contributed by atoms with Gasteiger partial charge >= 0.3 is 0 Å². The van der Waals surface area contributed by atoms with Crippen LogP contribution in [-0.4, -0.2) is 48.5 Å². The highest BCUT2D eigenvalue weighted by atomic mass is 19.2. The molecular weight excluding hydrogens is 273 g/mol. The Labute approximate surface area is 110 Å². The molecule has 0 amide bonds. The summed E-state index contributed by atoms with van der Waals surface area (Å²) in [5, 5.41) is 18.6. The maximum Gasteiger partial charge on any atom is 0.298 e. The topological polar surface area (TPSA) is 139 Å². The van der Waals surface area contributed by atoms with Crippen molar-refractivity contribution in [1.82, 2.24) is 19.5 Å². The fourth-order valence-corrected chi connectivity index (χ4v) is 2.23. The molecule has 1 aliphatic rings. The first-order valence-corrected chi connectivity index (χ1v) is 5.83. The maximum atomic E-state index is 14.8. The molecule has 3 heterocycles. The zero-order valence-electron chi connectivity index (χ0n) is 10.2. The number of anilines is 1. The van der Waals surface area contributed by atoms with E-state index in [1.807, 2.05) is 0 Å². The third-order valence-corrected chi connectivity index (χ3v) is 3.19. The van der Waals surface area contributed by atoms with E-state index in [0.29, 0.717) is 0 Å². The van der Waals surface area contributed by atoms with E-state index in [4.69, 9.17) is 15.6 Å². The zero-order valence-corrected chi connectivity index (χ0v) is 10.2. The smallest absolute Gasteiger partial charge is 0.298 e. The number of imidazole rings is 1. The molecule has 1 aliphatic heterocycles. The molecule has 1 saturated heterocycles. The molecule has 0 aliphatic carbocycles. The normalized spacial score (nSPS) is 30.1. The molecule has 20 heavy (non-hydrogen) atoms. The number of rotatable bonds is 2. The molecule has 3 rings (SSSR count). The van der Waals surface area contributed by atoms with Gasteiger partial charge in [0, 0.05) is 0 Å². The molecule has 0 saturated carbocycles. The second-order valence-electron chi connectivity index (χ2n) is 4.54. The van der Waals surface area contributed by atoms with Gasteiger partial charge in [0.1, 0.15) is 12.4 Å². The molecule has 0 spiro atoms. The molecule has 2 aromatic rings. The van der Waals surface area contributed by atoms with Crippen molar-refractivity contribution in [3.63, 3.8) is 0 Å². The Balaban J connectivity index is 2.14. The molecule has 0 unspecified atom stereocenters. The number of ether oxygens (including phenoxy) is 1. The van der Waals surface area contributed by atoms with Gasteiger partial charge in [0.2, 0.25) is 5.95 Å². The molecule has 2 aromatic heterocycles. The minimum atomic E-state index is -2.45. The van der Waals surface area contributed by atoms with E-state index >= 15 is 0 Å². The predicted octanol–water partition coefficient (Wildman–Crippen LogP) is -1.58. The third-order valence-electron chi connectivity index (χ3n) is 3.19. The van der Waals surface area contributed by atoms with Crippen molar-refractivity contribution < 1.29 is 19.3 Å². The minimum absolute atomic E-state index is 0.0956. The fourth-order valence-electron chi connectivity index (χ4n) is 2.23. The van der Waals surface area contributed by atoms with Gasteiger partial charge in [-0.05, 0) is 0 Å². The van der Waals surface area contributed by atoms with E-state index in [9.17, 15) is 14.3 Å². The number of fused-ring (bicyclic) bond motifs is 1. The Morgan fingerprint density at radius 1 is 1.70 bits per heavy atom. The molecule has 1 fully saturated rings. The summed E-state index contributed by atoms with van der Waals surface area (Å²) in [6.45, 7) is -0.532. The van der Waals surface area contributed by atoms with Crippen molar-refractivity contribution in [1.29, 1.82) is 0 Å². The molecule has 0 bridgehead atoms. The second-order valence-corrected chi connectivity index (χ2v) is 4.54. The number of aliphatic hydroxyl groups excluding tert-OH is 2. The van der Waals surface area contributed by atoms with Crippen molar-refractivity contribution in [3.8, 4) is 0 Å². The molecule has 0 aromatic carbocycles. The number of hydrogen-bond donors (Lipinski definition) is 4. The lowest BCUT2D eigenvalue weighted by Crippen LogP contribution is -2.29. The lowest BCUT2D eigenvalue weighted by Gasteiger charge is -2.21. The van der Waals surface area contributed by atoms with Crippen LogP contribution >= 0.6 is 0 Å². The molecule has 108 valence electrons. The van der Waals surface area contributed by atoms with E-state index in [1.165, 1.54) is 0 Å². The van der Waals surface area contributed by atoms with Gasteiger partial charge in [-0.3, -0.25) is 14.3 Å². The Hall–Kier alpha value is -2.04. The standard InChI is InChI=1S/C10H12FN5O4/c11-10(1-4(18)5(2-17)20-10)16-3-13-6-7(16)14-9(12)15-8(6)19/h3-5,17-18H,1-2H2,(H3,12,14,15,19)/t4-,5-,10+/m1/s1. The Bertz CT molecular complexity index is 715. The van der Waals surface area contributed by atoms with Crippen LogP contribution in [0.1, 0.15) is 6.42 Å². The number of aliphatic hydroxyl groups is 2. The van der Waals surface area contributed by atoms with Gasteiger partial charge in [0.25, 0.3) is 11.5 Å². The molecular formula is C10H12FN5O4. The third kappa shape index (κ3) is 1.77. The summed E-state index contributed by atoms with van der Waals surface area (Å²) in [5.74, 6) is -2.64. The lowest BCUT2D eigenvalue weighted by atomic mass is 10.2. The summed E-state index contributed by atoms with van der Waals surface area (Å²) in [6.07, 6.45) is -1.62. The van der Waals surface area contributed by atoms with Gasteiger partial charge in [0.05, 0.1) is 19.1 Å². The Morgan fingerprint density at radius 2 is 2.45 bits per heavy atom. The van der Waals surface area contributed by atoms with Crippen LogP contribution in [-0.2, 0) is 10.7 Å². The van der Waals surface area contributed by atoms with Gasteiger partial charge < -0.3 is 20.7 Å². The molecule has 9 nitrogen and oxygen atoms in total. The summed E-state index contributed by atoms with van der Waals surface area (Å²) in [4.78, 5) is 21.4. The van der Waals surface area contributed by atoms with Crippen LogP contribution in [0.15, 0.2) is 11.1 Å². The molecule has 3 atom stereocenters. The van der Waals surface area contributed by atoms with E-state index in [0.717, 1.165) is 10.9 Å². The predicted molar refractivity (Wildman–Crippen MR) is 64.2 cm³/mol. The van der Waals surface area contributed by atoms with Crippen LogP contribution in [0.3, 0.4) is 0 Å². The van der Waals surface area contributed by atoms with Crippen molar-refractivity contribution in [2.24, 2.45) is 0 Å². The summed E-state index contributed by atoms with van der Waals surface area (Å²) < 4.78 is 20.7. The first kappa shape index (κ1) is 13.0. The zero-order chi connectivity index (χ0) is 14.5. The summed E-state index contributed by atoms with van der Waals surface area (Å²) in [7, 11) is 0. The van der Waals surface area contributed by atoms with Crippen LogP contribution in [0.2, 0.25) is 0 Å². The number of aromatic nitrogens is 4. The minimum Gasteiger partial charge on any atom is -0.394 e. The van der Waals surface area contributed by atoms with Crippen molar-refractivity contribution in [3.05, 3.63) is 16.7 Å². The molecule has 10 heteroatoms. The average molecular weight is 285 g/mol. The number of H-pyrrole nitrogens is 1. The Morgan fingerprint density at radius 3 is 3.10 bits per heavy atom. The van der Waals surface area contributed by atoms with Gasteiger partial charge in [0.15, 0.2) is 11.2 Å². The molecule has 5 N–H and O–H groups in total. The number of nitrogens with one attached hydrogen (secondary N) is 1. The Kier molecular flexibility index (Phi) is 2.74. The van der Waals surface area contributed by atoms with E-state index in [-0.39, 0.29) is 17.1 Å². The number of aromatic amines is 1. The first-order chi connectivity index (χ1) is 9.44. The quantitative estimate of drug-likeness (QED) is 0.522. The van der Waals surface area contributed by atoms with Crippen molar-refractivity contribution in [2.45, 2.75) is 24.6 Å². The average Bonchev–Trinajstić information content (AvgIpc) is 2.91. The number of hydrogen-bond acceptors (Lipinski definition) is 7. The van der Waals surface area contributed by atoms with Crippen LogP contribution in [0.5, 0.6) is 0 Å². The highest BCUT2D eigenvalue weighted by Gasteiger charge is 2.49. The van der Waals surface area contributed by atoms with Gasteiger partial charge in [-0.1, -0.05) is 0 Å². The number of nitrogens with zero attached hydrogens (tertiary/aromatic N) is 3. The van der Waals surface area contributed by atoms with Crippen LogP contribution < -0.4 is 11.3 Å². The van der Waals surface area contributed by atoms with E-state index < -0.39 is 36.8 Å². The van der Waals surface area contributed by atoms with E-state index in [2.05, 4.69) is 15.0 Å². The molecule has 0 radical (unpaired) electrons. The lowest BCUT2D eigenvalue weighted by molar-refractivity contribution is -0.200. The second kappa shape index (κ2) is 4.23. The number of nitrogen functional groups attached to an aromatic ring is 1. The SMILES string of the molecule is Nc1nc2c(ncn2[C@@]2(F)C[C@@H](O)[C@@H](CO)O2)c(=O)[nH]1. The maximum absolute atomic E-state index is 14.8. The summed E-state index contributed by atoms with van der Waals surface area (Å²) in [6, 6.07) is 0. The highest BCUT2D eigenvalue weighted by molar-refractivity contribution is 5.70. The summed E-state index contributed by atoms with van der Waals surface area (Å²) in [5.41, 5.74) is 4.62. The first-order valence-electron chi connectivity index (χ1n) is 5.83. The van der Waals surface area contributed by atoms with Gasteiger partial charge in [-0.15, -0.1) is 0 Å². The summed E-state index contributed by atoms with van der Waals surface area (Å²) >= 11 is 0. The van der Waals surface area contributed by atoms with Crippen LogP contribution in [0.25, 0.3) is 11.2 Å². The van der Waals surface area contributed by atoms with Gasteiger partial charge in [-0.25, -0.2) is 4.98 Å². The van der Waals surface area contributed by atoms with Crippen LogP contribution in [0, 0.1) is 0 Å².